The summed E-state index contributed by atoms with van der Waals surface area (Å²) < 4.78 is 1.82. The molecule has 4 rings (SSSR count). The number of carbonyl (C=O) groups excluding carboxylic acids is 1. The summed E-state index contributed by atoms with van der Waals surface area (Å²) in [6, 6.07) is 15.9. The van der Waals surface area contributed by atoms with Gasteiger partial charge in [0.05, 0.1) is 17.7 Å². The van der Waals surface area contributed by atoms with Gasteiger partial charge in [0.2, 0.25) is 5.91 Å². The number of nitrogens with one attached hydrogen (secondary N) is 1. The molecule has 0 bridgehead atoms. The average molecular weight is 389 g/mol. The summed E-state index contributed by atoms with van der Waals surface area (Å²) in [4.78, 5) is 17.9. The molecule has 3 aromatic rings. The Bertz CT molecular complexity index is 959. The van der Waals surface area contributed by atoms with Crippen LogP contribution in [0.5, 0.6) is 0 Å². The van der Waals surface area contributed by atoms with Crippen molar-refractivity contribution in [3.63, 3.8) is 0 Å². The van der Waals surface area contributed by atoms with Gasteiger partial charge in [-0.1, -0.05) is 55.7 Å². The highest BCUT2D eigenvalue weighted by Crippen LogP contribution is 2.40. The van der Waals surface area contributed by atoms with Crippen molar-refractivity contribution in [3.8, 4) is 5.82 Å². The fourth-order valence-electron chi connectivity index (χ4n) is 4.53. The van der Waals surface area contributed by atoms with E-state index in [0.29, 0.717) is 0 Å². The normalized spacial score (nSPS) is 16.9. The molecular formula is C24H28N4O. The molecule has 2 aromatic heterocycles. The SMILES string of the molecule is Cc1c(C(C)NC(=O)C2(c3ccccc3)CCCCC2)cnn1-c1ccccn1. The van der Waals surface area contributed by atoms with Crippen LogP contribution in [-0.2, 0) is 10.2 Å². The molecule has 1 aromatic carbocycles. The Labute approximate surface area is 172 Å². The van der Waals surface area contributed by atoms with Gasteiger partial charge < -0.3 is 5.32 Å². The second kappa shape index (κ2) is 8.19. The van der Waals surface area contributed by atoms with Crippen molar-refractivity contribution in [2.24, 2.45) is 0 Å². The maximum atomic E-state index is 13.5. The monoisotopic (exact) mass is 388 g/mol. The summed E-state index contributed by atoms with van der Waals surface area (Å²) in [7, 11) is 0. The predicted octanol–water partition coefficient (Wildman–Crippen LogP) is 4.66. The molecule has 0 saturated heterocycles. The molecule has 1 aliphatic rings. The summed E-state index contributed by atoms with van der Waals surface area (Å²) in [5.74, 6) is 0.906. The van der Waals surface area contributed by atoms with Crippen LogP contribution in [0.25, 0.3) is 5.82 Å². The number of benzene rings is 1. The van der Waals surface area contributed by atoms with Crippen LogP contribution in [0.2, 0.25) is 0 Å². The number of hydrogen-bond acceptors (Lipinski definition) is 3. The lowest BCUT2D eigenvalue weighted by atomic mass is 9.68. The maximum absolute atomic E-state index is 13.5. The minimum absolute atomic E-state index is 0.123. The summed E-state index contributed by atoms with van der Waals surface area (Å²) in [6.07, 6.45) is 8.79. The van der Waals surface area contributed by atoms with Gasteiger partial charge in [-0.2, -0.15) is 5.10 Å². The number of pyridine rings is 1. The molecule has 0 aliphatic heterocycles. The van der Waals surface area contributed by atoms with Gasteiger partial charge in [0.25, 0.3) is 0 Å². The van der Waals surface area contributed by atoms with Gasteiger partial charge >= 0.3 is 0 Å². The van der Waals surface area contributed by atoms with Crippen molar-refractivity contribution in [2.75, 3.05) is 0 Å². The van der Waals surface area contributed by atoms with Crippen molar-refractivity contribution >= 4 is 5.91 Å². The summed E-state index contributed by atoms with van der Waals surface area (Å²) in [5.41, 5.74) is 2.71. The molecule has 2 heterocycles. The van der Waals surface area contributed by atoms with E-state index in [1.807, 2.05) is 61.1 Å². The van der Waals surface area contributed by atoms with E-state index in [2.05, 4.69) is 27.5 Å². The average Bonchev–Trinajstić information content (AvgIpc) is 3.17. The summed E-state index contributed by atoms with van der Waals surface area (Å²) >= 11 is 0. The van der Waals surface area contributed by atoms with Crippen LogP contribution in [0.3, 0.4) is 0 Å². The first kappa shape index (κ1) is 19.4. The Morgan fingerprint density at radius 2 is 1.79 bits per heavy atom. The fraction of sp³-hybridized carbons (Fsp3) is 0.375. The largest absolute Gasteiger partial charge is 0.349 e. The molecule has 150 valence electrons. The number of aromatic nitrogens is 3. The van der Waals surface area contributed by atoms with Gasteiger partial charge in [-0.15, -0.1) is 0 Å². The topological polar surface area (TPSA) is 59.8 Å². The van der Waals surface area contributed by atoms with E-state index in [9.17, 15) is 4.79 Å². The van der Waals surface area contributed by atoms with Gasteiger partial charge in [-0.3, -0.25) is 4.79 Å². The second-order valence-corrected chi connectivity index (χ2v) is 7.99. The Hall–Kier alpha value is -2.95. The van der Waals surface area contributed by atoms with Crippen molar-refractivity contribution in [2.45, 2.75) is 57.4 Å². The molecule has 1 N–H and O–H groups in total. The Morgan fingerprint density at radius 3 is 2.48 bits per heavy atom. The minimum atomic E-state index is -0.432. The van der Waals surface area contributed by atoms with Crippen LogP contribution in [0.4, 0.5) is 0 Å². The minimum Gasteiger partial charge on any atom is -0.349 e. The van der Waals surface area contributed by atoms with Crippen molar-refractivity contribution in [1.29, 1.82) is 0 Å². The third-order valence-electron chi connectivity index (χ3n) is 6.20. The Kier molecular flexibility index (Phi) is 5.47. The van der Waals surface area contributed by atoms with E-state index < -0.39 is 5.41 Å². The van der Waals surface area contributed by atoms with Gasteiger partial charge in [-0.25, -0.2) is 9.67 Å². The summed E-state index contributed by atoms with van der Waals surface area (Å²) in [6.45, 7) is 4.05. The lowest BCUT2D eigenvalue weighted by Crippen LogP contribution is -2.46. The van der Waals surface area contributed by atoms with Crippen molar-refractivity contribution in [3.05, 3.63) is 77.7 Å². The van der Waals surface area contributed by atoms with E-state index in [1.54, 1.807) is 6.20 Å². The molecule has 29 heavy (non-hydrogen) atoms. The van der Waals surface area contributed by atoms with Crippen LogP contribution in [-0.4, -0.2) is 20.7 Å². The highest BCUT2D eigenvalue weighted by Gasteiger charge is 2.41. The maximum Gasteiger partial charge on any atom is 0.231 e. The molecule has 5 nitrogen and oxygen atoms in total. The van der Waals surface area contributed by atoms with E-state index in [4.69, 9.17) is 0 Å². The smallest absolute Gasteiger partial charge is 0.231 e. The number of hydrogen-bond donors (Lipinski definition) is 1. The van der Waals surface area contributed by atoms with E-state index in [-0.39, 0.29) is 11.9 Å². The summed E-state index contributed by atoms with van der Waals surface area (Å²) in [5, 5.41) is 7.80. The molecule has 0 spiro atoms. The number of nitrogens with zero attached hydrogens (tertiary/aromatic N) is 3. The zero-order valence-corrected chi connectivity index (χ0v) is 17.1. The van der Waals surface area contributed by atoms with E-state index >= 15 is 0 Å². The third kappa shape index (κ3) is 3.69. The molecule has 5 heteroatoms. The zero-order chi connectivity index (χ0) is 20.3. The first-order valence-electron chi connectivity index (χ1n) is 10.4. The van der Waals surface area contributed by atoms with Crippen molar-refractivity contribution < 1.29 is 4.79 Å². The van der Waals surface area contributed by atoms with Crippen LogP contribution in [0.15, 0.2) is 60.9 Å². The molecule has 1 aliphatic carbocycles. The number of rotatable bonds is 5. The molecule has 1 atom stereocenters. The molecular weight excluding hydrogens is 360 g/mol. The van der Waals surface area contributed by atoms with Crippen LogP contribution < -0.4 is 5.32 Å². The Balaban J connectivity index is 1.58. The molecule has 0 radical (unpaired) electrons. The van der Waals surface area contributed by atoms with Crippen LogP contribution in [0.1, 0.15) is 61.9 Å². The van der Waals surface area contributed by atoms with Crippen molar-refractivity contribution in [1.82, 2.24) is 20.1 Å². The van der Waals surface area contributed by atoms with Crippen LogP contribution in [0, 0.1) is 6.92 Å². The van der Waals surface area contributed by atoms with Crippen LogP contribution >= 0.6 is 0 Å². The highest BCUT2D eigenvalue weighted by atomic mass is 16.2. The van der Waals surface area contributed by atoms with Gasteiger partial charge in [-0.05, 0) is 44.4 Å². The molecule has 1 fully saturated rings. The predicted molar refractivity (Wildman–Crippen MR) is 114 cm³/mol. The number of carbonyl (C=O) groups is 1. The molecule has 1 unspecified atom stereocenters. The standard InChI is InChI=1S/C24H28N4O/c1-18(21-17-26-28(19(21)2)22-13-7-10-16-25-22)27-23(29)24(14-8-4-9-15-24)20-11-5-3-6-12-20/h3,5-7,10-13,16-18H,4,8-9,14-15H2,1-2H3,(H,27,29). The van der Waals surface area contributed by atoms with Gasteiger partial charge in [0, 0.05) is 17.5 Å². The lowest BCUT2D eigenvalue weighted by molar-refractivity contribution is -0.128. The van der Waals surface area contributed by atoms with Gasteiger partial charge in [0.15, 0.2) is 5.82 Å². The van der Waals surface area contributed by atoms with E-state index in [1.165, 1.54) is 6.42 Å². The quantitative estimate of drug-likeness (QED) is 0.692. The molecule has 1 amide bonds. The second-order valence-electron chi connectivity index (χ2n) is 7.99. The Morgan fingerprint density at radius 1 is 1.07 bits per heavy atom. The third-order valence-corrected chi connectivity index (χ3v) is 6.20. The van der Waals surface area contributed by atoms with Gasteiger partial charge in [0.1, 0.15) is 0 Å². The first-order chi connectivity index (χ1) is 14.1. The zero-order valence-electron chi connectivity index (χ0n) is 17.1. The highest BCUT2D eigenvalue weighted by molar-refractivity contribution is 5.88. The lowest BCUT2D eigenvalue weighted by Gasteiger charge is -2.37. The van der Waals surface area contributed by atoms with E-state index in [0.717, 1.165) is 48.3 Å². The first-order valence-corrected chi connectivity index (χ1v) is 10.4. The molecule has 1 saturated carbocycles. The number of amides is 1. The fourth-order valence-corrected chi connectivity index (χ4v) is 4.53.